The molecule has 1 aromatic carbocycles. The molecule has 0 radical (unpaired) electrons. The van der Waals surface area contributed by atoms with Gasteiger partial charge in [0.1, 0.15) is 5.75 Å². The van der Waals surface area contributed by atoms with Crippen LogP contribution in [0.3, 0.4) is 0 Å². The first-order valence-electron chi connectivity index (χ1n) is 5.06. The Hall–Kier alpha value is -2.14. The van der Waals surface area contributed by atoms with Crippen LogP contribution in [0.25, 0.3) is 0 Å². The second-order valence-electron chi connectivity index (χ2n) is 3.53. The Labute approximate surface area is 108 Å². The first-order valence-corrected chi connectivity index (χ1v) is 5.44. The summed E-state index contributed by atoms with van der Waals surface area (Å²) in [6.45, 7) is 1.80. The van der Waals surface area contributed by atoms with Gasteiger partial charge in [0, 0.05) is 17.4 Å². The summed E-state index contributed by atoms with van der Waals surface area (Å²) in [6.07, 6.45) is 2.66. The smallest absolute Gasteiger partial charge is 0.360 e. The van der Waals surface area contributed by atoms with Crippen molar-refractivity contribution < 1.29 is 14.6 Å². The lowest BCUT2D eigenvalue weighted by Crippen LogP contribution is -2.04. The summed E-state index contributed by atoms with van der Waals surface area (Å²) >= 11 is 5.82. The highest BCUT2D eigenvalue weighted by Crippen LogP contribution is 2.27. The van der Waals surface area contributed by atoms with Crippen LogP contribution in [-0.2, 0) is 0 Å². The summed E-state index contributed by atoms with van der Waals surface area (Å²) in [7, 11) is 0. The van der Waals surface area contributed by atoms with Crippen LogP contribution in [0.5, 0.6) is 11.6 Å². The van der Waals surface area contributed by atoms with Gasteiger partial charge in [-0.3, -0.25) is 0 Å². The standard InChI is InChI=1S/C12H9ClN2O3/c1-7-6-8(13)2-3-9(7)18-11-10(12(16)17)14-4-5-15-11/h2-6H,1H3,(H,16,17). The van der Waals surface area contributed by atoms with E-state index >= 15 is 0 Å². The number of carbonyl (C=O) groups is 1. The quantitative estimate of drug-likeness (QED) is 0.923. The summed E-state index contributed by atoms with van der Waals surface area (Å²) in [6, 6.07) is 5.02. The minimum Gasteiger partial charge on any atom is -0.476 e. The molecule has 5 nitrogen and oxygen atoms in total. The number of aryl methyl sites for hydroxylation is 1. The van der Waals surface area contributed by atoms with Crippen LogP contribution in [0, 0.1) is 6.92 Å². The van der Waals surface area contributed by atoms with E-state index in [0.29, 0.717) is 10.8 Å². The van der Waals surface area contributed by atoms with Gasteiger partial charge in [0.25, 0.3) is 5.88 Å². The normalized spacial score (nSPS) is 10.1. The fourth-order valence-corrected chi connectivity index (χ4v) is 1.60. The van der Waals surface area contributed by atoms with Crippen LogP contribution >= 0.6 is 11.6 Å². The molecule has 6 heteroatoms. The molecule has 0 bridgehead atoms. The van der Waals surface area contributed by atoms with Gasteiger partial charge in [-0.2, -0.15) is 0 Å². The molecule has 0 aliphatic rings. The largest absolute Gasteiger partial charge is 0.476 e. The summed E-state index contributed by atoms with van der Waals surface area (Å²) in [5.74, 6) is -0.748. The van der Waals surface area contributed by atoms with Crippen LogP contribution in [0.2, 0.25) is 5.02 Å². The summed E-state index contributed by atoms with van der Waals surface area (Å²) < 4.78 is 5.44. The average molecular weight is 265 g/mol. The number of aromatic carboxylic acids is 1. The van der Waals surface area contributed by atoms with E-state index in [1.807, 2.05) is 0 Å². The van der Waals surface area contributed by atoms with E-state index in [1.165, 1.54) is 12.4 Å². The van der Waals surface area contributed by atoms with E-state index in [9.17, 15) is 4.79 Å². The number of benzene rings is 1. The Morgan fingerprint density at radius 2 is 2.06 bits per heavy atom. The number of hydrogen-bond donors (Lipinski definition) is 1. The molecule has 0 saturated heterocycles. The fraction of sp³-hybridized carbons (Fsp3) is 0.0833. The maximum atomic E-state index is 10.9. The highest BCUT2D eigenvalue weighted by Gasteiger charge is 2.15. The first-order chi connectivity index (χ1) is 8.58. The van der Waals surface area contributed by atoms with Crippen molar-refractivity contribution >= 4 is 17.6 Å². The number of rotatable bonds is 3. The monoisotopic (exact) mass is 264 g/mol. The molecule has 0 aliphatic carbocycles. The molecule has 92 valence electrons. The minimum absolute atomic E-state index is 0.0459. The second-order valence-corrected chi connectivity index (χ2v) is 3.96. The zero-order valence-corrected chi connectivity index (χ0v) is 10.2. The molecule has 0 unspecified atom stereocenters. The maximum Gasteiger partial charge on any atom is 0.360 e. The van der Waals surface area contributed by atoms with Gasteiger partial charge in [0.05, 0.1) is 0 Å². The van der Waals surface area contributed by atoms with E-state index in [1.54, 1.807) is 25.1 Å². The molecular formula is C12H9ClN2O3. The van der Waals surface area contributed by atoms with Gasteiger partial charge in [0.15, 0.2) is 0 Å². The van der Waals surface area contributed by atoms with Crippen LogP contribution in [0.1, 0.15) is 16.1 Å². The molecule has 18 heavy (non-hydrogen) atoms. The lowest BCUT2D eigenvalue weighted by Gasteiger charge is -2.09. The Morgan fingerprint density at radius 3 is 2.72 bits per heavy atom. The fourth-order valence-electron chi connectivity index (χ4n) is 1.38. The van der Waals surface area contributed by atoms with Gasteiger partial charge in [-0.05, 0) is 30.7 Å². The lowest BCUT2D eigenvalue weighted by atomic mass is 10.2. The molecular weight excluding hydrogens is 256 g/mol. The highest BCUT2D eigenvalue weighted by atomic mass is 35.5. The number of carboxylic acids is 1. The van der Waals surface area contributed by atoms with Crippen molar-refractivity contribution in [3.8, 4) is 11.6 Å². The van der Waals surface area contributed by atoms with Crippen LogP contribution < -0.4 is 4.74 Å². The van der Waals surface area contributed by atoms with Crippen molar-refractivity contribution in [2.75, 3.05) is 0 Å². The van der Waals surface area contributed by atoms with Gasteiger partial charge in [-0.25, -0.2) is 14.8 Å². The van der Waals surface area contributed by atoms with Gasteiger partial charge in [-0.15, -0.1) is 0 Å². The zero-order chi connectivity index (χ0) is 13.1. The molecule has 2 rings (SSSR count). The molecule has 0 spiro atoms. The third kappa shape index (κ3) is 2.57. The number of ether oxygens (including phenoxy) is 1. The van der Waals surface area contributed by atoms with Crippen LogP contribution in [-0.4, -0.2) is 21.0 Å². The lowest BCUT2D eigenvalue weighted by molar-refractivity contribution is 0.0686. The molecule has 1 heterocycles. The highest BCUT2D eigenvalue weighted by molar-refractivity contribution is 6.30. The molecule has 0 saturated carbocycles. The summed E-state index contributed by atoms with van der Waals surface area (Å²) in [5, 5.41) is 9.53. The molecule has 0 amide bonds. The Balaban J connectivity index is 2.37. The van der Waals surface area contributed by atoms with Gasteiger partial charge < -0.3 is 9.84 Å². The minimum atomic E-state index is -1.19. The van der Waals surface area contributed by atoms with Gasteiger partial charge in [-0.1, -0.05) is 11.6 Å². The number of aromatic nitrogens is 2. The topological polar surface area (TPSA) is 72.3 Å². The van der Waals surface area contributed by atoms with E-state index in [2.05, 4.69) is 9.97 Å². The van der Waals surface area contributed by atoms with Gasteiger partial charge in [0.2, 0.25) is 5.69 Å². The number of halogens is 1. The molecule has 0 fully saturated rings. The van der Waals surface area contributed by atoms with Crippen LogP contribution in [0.4, 0.5) is 0 Å². The van der Waals surface area contributed by atoms with Crippen LogP contribution in [0.15, 0.2) is 30.6 Å². The van der Waals surface area contributed by atoms with Crippen molar-refractivity contribution in [3.05, 3.63) is 46.9 Å². The molecule has 1 N–H and O–H groups in total. The van der Waals surface area contributed by atoms with E-state index in [0.717, 1.165) is 5.56 Å². The van der Waals surface area contributed by atoms with Crippen molar-refractivity contribution in [1.29, 1.82) is 0 Å². The van der Waals surface area contributed by atoms with E-state index in [4.69, 9.17) is 21.4 Å². The Morgan fingerprint density at radius 1 is 1.33 bits per heavy atom. The van der Waals surface area contributed by atoms with Crippen molar-refractivity contribution in [3.63, 3.8) is 0 Å². The first kappa shape index (κ1) is 12.3. The molecule has 1 aromatic heterocycles. The third-order valence-corrected chi connectivity index (χ3v) is 2.45. The number of nitrogens with zero attached hydrogens (tertiary/aromatic N) is 2. The van der Waals surface area contributed by atoms with Crippen molar-refractivity contribution in [1.82, 2.24) is 9.97 Å². The molecule has 2 aromatic rings. The zero-order valence-electron chi connectivity index (χ0n) is 9.42. The SMILES string of the molecule is Cc1cc(Cl)ccc1Oc1nccnc1C(=O)O. The summed E-state index contributed by atoms with van der Waals surface area (Å²) in [5.41, 5.74) is 0.552. The number of hydrogen-bond acceptors (Lipinski definition) is 4. The summed E-state index contributed by atoms with van der Waals surface area (Å²) in [4.78, 5) is 18.5. The van der Waals surface area contributed by atoms with Crippen molar-refractivity contribution in [2.45, 2.75) is 6.92 Å². The van der Waals surface area contributed by atoms with E-state index in [-0.39, 0.29) is 11.6 Å². The van der Waals surface area contributed by atoms with Crippen molar-refractivity contribution in [2.24, 2.45) is 0 Å². The predicted octanol–water partition coefficient (Wildman–Crippen LogP) is 2.93. The van der Waals surface area contributed by atoms with Gasteiger partial charge >= 0.3 is 5.97 Å². The number of carboxylic acid groups (broad SMARTS) is 1. The Kier molecular flexibility index (Phi) is 3.43. The van der Waals surface area contributed by atoms with E-state index < -0.39 is 5.97 Å². The average Bonchev–Trinajstić information content (AvgIpc) is 2.33. The molecule has 0 atom stereocenters. The molecule has 0 aliphatic heterocycles. The third-order valence-electron chi connectivity index (χ3n) is 2.21. The predicted molar refractivity (Wildman–Crippen MR) is 65.3 cm³/mol. The maximum absolute atomic E-state index is 10.9. The Bertz CT molecular complexity index is 602. The second kappa shape index (κ2) is 5.01.